The molecule has 1 N–H and O–H groups in total. The molecule has 1 saturated heterocycles. The summed E-state index contributed by atoms with van der Waals surface area (Å²) in [5.41, 5.74) is -0.865. The van der Waals surface area contributed by atoms with Crippen molar-refractivity contribution in [1.29, 1.82) is 0 Å². The van der Waals surface area contributed by atoms with Gasteiger partial charge in [0.2, 0.25) is 0 Å². The summed E-state index contributed by atoms with van der Waals surface area (Å²) >= 11 is 0. The normalized spacial score (nSPS) is 17.2. The molecule has 0 spiro atoms. The average molecular weight is 360 g/mol. The maximum atomic E-state index is 12.8. The van der Waals surface area contributed by atoms with Crippen molar-refractivity contribution in [3.8, 4) is 0 Å². The minimum Gasteiger partial charge on any atom is -0.459 e. The molecule has 0 radical (unpaired) electrons. The van der Waals surface area contributed by atoms with Crippen LogP contribution >= 0.6 is 0 Å². The van der Waals surface area contributed by atoms with E-state index >= 15 is 0 Å². The van der Waals surface area contributed by atoms with Gasteiger partial charge in [0.15, 0.2) is 0 Å². The number of carbonyl (C=O) groups excluding carboxylic acids is 3. The van der Waals surface area contributed by atoms with E-state index in [1.807, 2.05) is 0 Å². The quantitative estimate of drug-likeness (QED) is 0.653. The number of hydrogen-bond donors (Lipinski definition) is 1. The molecule has 1 aromatic rings. The number of ether oxygens (including phenoxy) is 2. The molecule has 0 aliphatic carbocycles. The van der Waals surface area contributed by atoms with Gasteiger partial charge >= 0.3 is 24.1 Å². The maximum absolute atomic E-state index is 12.8. The van der Waals surface area contributed by atoms with Crippen molar-refractivity contribution >= 4 is 23.7 Å². The zero-order valence-electron chi connectivity index (χ0n) is 13.1. The second-order valence-corrected chi connectivity index (χ2v) is 5.09. The van der Waals surface area contributed by atoms with Crippen LogP contribution in [0.5, 0.6) is 0 Å². The molecule has 1 fully saturated rings. The Hall–Kier alpha value is -2.78. The molecular formula is C15H15F3N2O5. The number of carbonyl (C=O) groups is 3. The molecule has 1 unspecified atom stereocenters. The molecule has 0 bridgehead atoms. The Bertz CT molecular complexity index is 677. The van der Waals surface area contributed by atoms with Gasteiger partial charge in [0.25, 0.3) is 0 Å². The largest absolute Gasteiger partial charge is 0.459 e. The van der Waals surface area contributed by atoms with Gasteiger partial charge in [0.05, 0.1) is 25.3 Å². The lowest BCUT2D eigenvalue weighted by Gasteiger charge is -2.15. The predicted octanol–water partition coefficient (Wildman–Crippen LogP) is 1.71. The molecule has 0 saturated carbocycles. The number of nitrogens with one attached hydrogen (secondary N) is 1. The molecule has 1 aliphatic heterocycles. The average Bonchev–Trinajstić information content (AvgIpc) is 2.93. The third-order valence-corrected chi connectivity index (χ3v) is 3.31. The van der Waals surface area contributed by atoms with Crippen molar-refractivity contribution in [3.63, 3.8) is 0 Å². The fourth-order valence-electron chi connectivity index (χ4n) is 2.16. The number of benzene rings is 1. The van der Waals surface area contributed by atoms with E-state index in [1.165, 1.54) is 19.1 Å². The Kier molecular flexibility index (Phi) is 5.50. The van der Waals surface area contributed by atoms with Crippen LogP contribution in [0.25, 0.3) is 0 Å². The lowest BCUT2D eigenvalue weighted by Crippen LogP contribution is -2.39. The lowest BCUT2D eigenvalue weighted by atomic mass is 10.2. The van der Waals surface area contributed by atoms with Gasteiger partial charge < -0.3 is 14.8 Å². The molecule has 10 heteroatoms. The zero-order valence-corrected chi connectivity index (χ0v) is 13.1. The highest BCUT2D eigenvalue weighted by atomic mass is 19.4. The number of esters is 1. The molecule has 2 amide bonds. The van der Waals surface area contributed by atoms with Gasteiger partial charge in [-0.2, -0.15) is 13.2 Å². The third kappa shape index (κ3) is 4.61. The summed E-state index contributed by atoms with van der Waals surface area (Å²) in [4.78, 5) is 35.5. The number of hydrogen-bond acceptors (Lipinski definition) is 5. The summed E-state index contributed by atoms with van der Waals surface area (Å²) in [6, 6.07) is 4.25. The van der Waals surface area contributed by atoms with Crippen molar-refractivity contribution in [2.45, 2.75) is 19.2 Å². The van der Waals surface area contributed by atoms with Crippen molar-refractivity contribution < 1.29 is 37.0 Å². The lowest BCUT2D eigenvalue weighted by molar-refractivity contribution is -0.154. The summed E-state index contributed by atoms with van der Waals surface area (Å²) in [5, 5.41) is 2.24. The first-order valence-electron chi connectivity index (χ1n) is 7.32. The van der Waals surface area contributed by atoms with Gasteiger partial charge in [0, 0.05) is 5.69 Å². The van der Waals surface area contributed by atoms with Crippen molar-refractivity contribution in [3.05, 3.63) is 29.8 Å². The van der Waals surface area contributed by atoms with Crippen LogP contribution in [0.3, 0.4) is 0 Å². The van der Waals surface area contributed by atoms with Crippen LogP contribution in [0, 0.1) is 0 Å². The molecule has 136 valence electrons. The van der Waals surface area contributed by atoms with E-state index < -0.39 is 35.8 Å². The SMILES string of the molecule is CCOC(=O)C(=O)NCC1CN(c2cccc(C(F)(F)F)c2)C(=O)O1. The van der Waals surface area contributed by atoms with E-state index in [-0.39, 0.29) is 25.4 Å². The summed E-state index contributed by atoms with van der Waals surface area (Å²) in [5.74, 6) is -2.06. The van der Waals surface area contributed by atoms with Crippen LogP contribution in [0.2, 0.25) is 0 Å². The Labute approximate surface area is 140 Å². The topological polar surface area (TPSA) is 84.9 Å². The van der Waals surface area contributed by atoms with Gasteiger partial charge in [-0.1, -0.05) is 6.07 Å². The molecular weight excluding hydrogens is 345 g/mol. The summed E-state index contributed by atoms with van der Waals surface area (Å²) in [6.45, 7) is 1.34. The first-order valence-corrected chi connectivity index (χ1v) is 7.32. The van der Waals surface area contributed by atoms with E-state index in [4.69, 9.17) is 4.74 Å². The smallest absolute Gasteiger partial charge is 0.416 e. The molecule has 1 aromatic carbocycles. The van der Waals surface area contributed by atoms with E-state index in [2.05, 4.69) is 10.1 Å². The van der Waals surface area contributed by atoms with Gasteiger partial charge in [-0.05, 0) is 25.1 Å². The Morgan fingerprint density at radius 3 is 2.76 bits per heavy atom. The molecule has 7 nitrogen and oxygen atoms in total. The van der Waals surface area contributed by atoms with Gasteiger partial charge in [0.1, 0.15) is 6.10 Å². The molecule has 25 heavy (non-hydrogen) atoms. The first-order chi connectivity index (χ1) is 11.7. The van der Waals surface area contributed by atoms with Crippen LogP contribution < -0.4 is 10.2 Å². The number of nitrogens with zero attached hydrogens (tertiary/aromatic N) is 1. The van der Waals surface area contributed by atoms with Crippen LogP contribution in [0.4, 0.5) is 23.7 Å². The number of anilines is 1. The Morgan fingerprint density at radius 1 is 1.40 bits per heavy atom. The van der Waals surface area contributed by atoms with Crippen LogP contribution in [0.1, 0.15) is 12.5 Å². The monoisotopic (exact) mass is 360 g/mol. The van der Waals surface area contributed by atoms with E-state index in [9.17, 15) is 27.6 Å². The fraction of sp³-hybridized carbons (Fsp3) is 0.400. The van der Waals surface area contributed by atoms with Crippen LogP contribution in [-0.2, 0) is 25.2 Å². The number of halogens is 3. The summed E-state index contributed by atoms with van der Waals surface area (Å²) < 4.78 is 47.7. The maximum Gasteiger partial charge on any atom is 0.416 e. The van der Waals surface area contributed by atoms with E-state index in [0.717, 1.165) is 17.0 Å². The molecule has 0 aromatic heterocycles. The van der Waals surface area contributed by atoms with Gasteiger partial charge in [-0.3, -0.25) is 9.69 Å². The minimum absolute atomic E-state index is 0.0269. The Balaban J connectivity index is 1.99. The second-order valence-electron chi connectivity index (χ2n) is 5.09. The van der Waals surface area contributed by atoms with Crippen molar-refractivity contribution in [1.82, 2.24) is 5.32 Å². The van der Waals surface area contributed by atoms with Crippen molar-refractivity contribution in [2.75, 3.05) is 24.6 Å². The molecule has 1 aliphatic rings. The zero-order chi connectivity index (χ0) is 18.6. The molecule has 1 heterocycles. The predicted molar refractivity (Wildman–Crippen MR) is 78.7 cm³/mol. The summed E-state index contributed by atoms with van der Waals surface area (Å²) in [7, 11) is 0. The van der Waals surface area contributed by atoms with Crippen molar-refractivity contribution in [2.24, 2.45) is 0 Å². The van der Waals surface area contributed by atoms with Gasteiger partial charge in [-0.25, -0.2) is 9.59 Å². The molecule has 2 rings (SSSR count). The van der Waals surface area contributed by atoms with Crippen LogP contribution in [0.15, 0.2) is 24.3 Å². The summed E-state index contributed by atoms with van der Waals surface area (Å²) in [6.07, 6.45) is -6.18. The minimum atomic E-state index is -4.54. The highest BCUT2D eigenvalue weighted by Gasteiger charge is 2.35. The van der Waals surface area contributed by atoms with Gasteiger partial charge in [-0.15, -0.1) is 0 Å². The third-order valence-electron chi connectivity index (χ3n) is 3.31. The second kappa shape index (κ2) is 7.41. The first kappa shape index (κ1) is 18.6. The van der Waals surface area contributed by atoms with Crippen LogP contribution in [-0.4, -0.2) is 43.8 Å². The Morgan fingerprint density at radius 2 is 2.12 bits per heavy atom. The standard InChI is InChI=1S/C15H15F3N2O5/c1-2-24-13(22)12(21)19-7-11-8-20(14(23)25-11)10-5-3-4-9(6-10)15(16,17)18/h3-6,11H,2,7-8H2,1H3,(H,19,21). The number of rotatable bonds is 4. The van der Waals surface area contributed by atoms with E-state index in [0.29, 0.717) is 0 Å². The number of alkyl halides is 3. The number of cyclic esters (lactones) is 1. The highest BCUT2D eigenvalue weighted by Crippen LogP contribution is 2.32. The highest BCUT2D eigenvalue weighted by molar-refractivity contribution is 6.32. The fourth-order valence-corrected chi connectivity index (χ4v) is 2.16. The number of amides is 2. The van der Waals surface area contributed by atoms with E-state index in [1.54, 1.807) is 0 Å². The molecule has 1 atom stereocenters.